The number of phenols is 1. The molecule has 0 saturated heterocycles. The number of hydrogen-bond acceptors (Lipinski definition) is 2. The molecule has 1 atom stereocenters. The van der Waals surface area contributed by atoms with Crippen molar-refractivity contribution in [2.45, 2.75) is 20.3 Å². The Morgan fingerprint density at radius 3 is 2.71 bits per heavy atom. The highest BCUT2D eigenvalue weighted by Crippen LogP contribution is 2.23. The van der Waals surface area contributed by atoms with E-state index >= 15 is 0 Å². The fourth-order valence-electron chi connectivity index (χ4n) is 1.36. The Kier molecular flexibility index (Phi) is 3.47. The van der Waals surface area contributed by atoms with Crippen LogP contribution < -0.4 is 5.73 Å². The summed E-state index contributed by atoms with van der Waals surface area (Å²) in [7, 11) is 0. The second kappa shape index (κ2) is 4.42. The third-order valence-corrected chi connectivity index (χ3v) is 2.78. The lowest BCUT2D eigenvalue weighted by atomic mass is 9.96. The number of nitrogens with two attached hydrogens (primary N) is 1. The lowest BCUT2D eigenvalue weighted by Gasteiger charge is -2.12. The molecule has 1 aromatic carbocycles. The lowest BCUT2D eigenvalue weighted by Crippen LogP contribution is -2.20. The van der Waals surface area contributed by atoms with Crippen molar-refractivity contribution in [1.29, 1.82) is 0 Å². The van der Waals surface area contributed by atoms with Crippen molar-refractivity contribution in [2.75, 3.05) is 0 Å². The maximum atomic E-state index is 9.64. The maximum Gasteiger partial charge on any atom is 0.119 e. The Bertz CT molecular complexity index is 329. The van der Waals surface area contributed by atoms with E-state index in [-0.39, 0.29) is 5.92 Å². The van der Waals surface area contributed by atoms with E-state index in [1.165, 1.54) is 0 Å². The molecule has 0 aliphatic rings. The molecule has 0 aliphatic carbocycles. The molecule has 0 saturated carbocycles. The first-order valence-corrected chi connectivity index (χ1v) is 5.00. The Balaban J connectivity index is 2.91. The van der Waals surface area contributed by atoms with Gasteiger partial charge in [-0.25, -0.2) is 0 Å². The summed E-state index contributed by atoms with van der Waals surface area (Å²) < 4.78 is 0. The zero-order valence-corrected chi connectivity index (χ0v) is 9.27. The fraction of sp³-hybridized carbons (Fsp3) is 0.364. The third-order valence-electron chi connectivity index (χ3n) is 2.38. The molecule has 0 aliphatic heterocycles. The highest BCUT2D eigenvalue weighted by molar-refractivity contribution is 7.80. The second-order valence-corrected chi connectivity index (χ2v) is 4.05. The topological polar surface area (TPSA) is 46.2 Å². The van der Waals surface area contributed by atoms with Crippen molar-refractivity contribution in [2.24, 2.45) is 11.7 Å². The van der Waals surface area contributed by atoms with E-state index in [0.29, 0.717) is 17.2 Å². The zero-order valence-electron chi connectivity index (χ0n) is 8.45. The van der Waals surface area contributed by atoms with Crippen molar-refractivity contribution in [3.63, 3.8) is 0 Å². The number of benzene rings is 1. The first-order valence-electron chi connectivity index (χ1n) is 4.59. The maximum absolute atomic E-state index is 9.64. The van der Waals surface area contributed by atoms with Crippen LogP contribution in [-0.4, -0.2) is 10.1 Å². The van der Waals surface area contributed by atoms with Gasteiger partial charge in [0.2, 0.25) is 0 Å². The Morgan fingerprint density at radius 1 is 1.57 bits per heavy atom. The van der Waals surface area contributed by atoms with Crippen LogP contribution in [0.3, 0.4) is 0 Å². The van der Waals surface area contributed by atoms with E-state index in [1.54, 1.807) is 6.07 Å². The predicted octanol–water partition coefficient (Wildman–Crippen LogP) is 2.17. The number of phenolic OH excluding ortho intramolecular Hbond substituents is 1. The predicted molar refractivity (Wildman–Crippen MR) is 62.5 cm³/mol. The van der Waals surface area contributed by atoms with Gasteiger partial charge in [0.1, 0.15) is 5.75 Å². The van der Waals surface area contributed by atoms with Crippen LogP contribution in [0.4, 0.5) is 0 Å². The smallest absolute Gasteiger partial charge is 0.119 e. The van der Waals surface area contributed by atoms with Crippen molar-refractivity contribution in [3.8, 4) is 5.75 Å². The Morgan fingerprint density at radius 2 is 2.21 bits per heavy atom. The third kappa shape index (κ3) is 2.45. The molecular formula is C11H15NOS. The highest BCUT2D eigenvalue weighted by atomic mass is 32.1. The van der Waals surface area contributed by atoms with Gasteiger partial charge in [0.05, 0.1) is 4.99 Å². The van der Waals surface area contributed by atoms with E-state index in [1.807, 2.05) is 26.0 Å². The van der Waals surface area contributed by atoms with Crippen LogP contribution in [0.15, 0.2) is 18.2 Å². The molecule has 3 N–H and O–H groups in total. The largest absolute Gasteiger partial charge is 0.508 e. The van der Waals surface area contributed by atoms with Gasteiger partial charge in [0.15, 0.2) is 0 Å². The van der Waals surface area contributed by atoms with E-state index in [4.69, 9.17) is 18.0 Å². The van der Waals surface area contributed by atoms with Crippen molar-refractivity contribution in [1.82, 2.24) is 0 Å². The lowest BCUT2D eigenvalue weighted by molar-refractivity contribution is 0.465. The molecule has 2 nitrogen and oxygen atoms in total. The minimum atomic E-state index is 0.122. The van der Waals surface area contributed by atoms with Gasteiger partial charge in [0.25, 0.3) is 0 Å². The molecule has 0 radical (unpaired) electrons. The Labute approximate surface area is 89.7 Å². The van der Waals surface area contributed by atoms with Gasteiger partial charge in [-0.15, -0.1) is 0 Å². The Hall–Kier alpha value is -1.09. The van der Waals surface area contributed by atoms with E-state index in [0.717, 1.165) is 11.1 Å². The van der Waals surface area contributed by atoms with Crippen LogP contribution in [0, 0.1) is 12.8 Å². The number of rotatable bonds is 3. The normalized spacial score (nSPS) is 12.4. The molecule has 0 bridgehead atoms. The SMILES string of the molecule is Cc1cccc(O)c1CC(C)C(N)=S. The summed E-state index contributed by atoms with van der Waals surface area (Å²) in [5.41, 5.74) is 7.55. The minimum Gasteiger partial charge on any atom is -0.508 e. The van der Waals surface area contributed by atoms with Crippen LogP contribution in [0.2, 0.25) is 0 Å². The van der Waals surface area contributed by atoms with Gasteiger partial charge < -0.3 is 10.8 Å². The van der Waals surface area contributed by atoms with Crippen LogP contribution in [-0.2, 0) is 6.42 Å². The van der Waals surface area contributed by atoms with Gasteiger partial charge in [-0.3, -0.25) is 0 Å². The standard InChI is InChI=1S/C11H15NOS/c1-7-4-3-5-10(13)9(7)6-8(2)11(12)14/h3-5,8,13H,6H2,1-2H3,(H2,12,14). The van der Waals surface area contributed by atoms with Gasteiger partial charge in [0, 0.05) is 5.92 Å². The van der Waals surface area contributed by atoms with Crippen LogP contribution >= 0.6 is 12.2 Å². The van der Waals surface area contributed by atoms with Gasteiger partial charge in [-0.05, 0) is 30.5 Å². The van der Waals surface area contributed by atoms with E-state index < -0.39 is 0 Å². The van der Waals surface area contributed by atoms with Crippen molar-refractivity contribution >= 4 is 17.2 Å². The van der Waals surface area contributed by atoms with Crippen molar-refractivity contribution < 1.29 is 5.11 Å². The quantitative estimate of drug-likeness (QED) is 0.750. The molecule has 76 valence electrons. The highest BCUT2D eigenvalue weighted by Gasteiger charge is 2.11. The molecule has 3 heteroatoms. The molecule has 0 aromatic heterocycles. The summed E-state index contributed by atoms with van der Waals surface area (Å²) in [5, 5.41) is 9.64. The summed E-state index contributed by atoms with van der Waals surface area (Å²) in [6.45, 7) is 3.94. The molecular weight excluding hydrogens is 194 g/mol. The number of aromatic hydroxyl groups is 1. The molecule has 14 heavy (non-hydrogen) atoms. The van der Waals surface area contributed by atoms with Gasteiger partial charge in [-0.2, -0.15) is 0 Å². The summed E-state index contributed by atoms with van der Waals surface area (Å²) >= 11 is 4.90. The molecule has 0 amide bonds. The number of hydrogen-bond donors (Lipinski definition) is 2. The van der Waals surface area contributed by atoms with E-state index in [2.05, 4.69) is 0 Å². The van der Waals surface area contributed by atoms with Crippen LogP contribution in [0.25, 0.3) is 0 Å². The average molecular weight is 209 g/mol. The number of aryl methyl sites for hydroxylation is 1. The second-order valence-electron chi connectivity index (χ2n) is 3.58. The number of thiocarbonyl (C=S) groups is 1. The van der Waals surface area contributed by atoms with Crippen LogP contribution in [0.5, 0.6) is 5.75 Å². The first-order chi connectivity index (χ1) is 6.52. The molecule has 1 unspecified atom stereocenters. The summed E-state index contributed by atoms with van der Waals surface area (Å²) in [4.78, 5) is 0.493. The van der Waals surface area contributed by atoms with Gasteiger partial charge in [-0.1, -0.05) is 31.3 Å². The molecule has 0 heterocycles. The minimum absolute atomic E-state index is 0.122. The molecule has 0 spiro atoms. The fourth-order valence-corrected chi connectivity index (χ4v) is 1.44. The first kappa shape index (κ1) is 11.0. The monoisotopic (exact) mass is 209 g/mol. The summed E-state index contributed by atoms with van der Waals surface area (Å²) in [6.07, 6.45) is 0.702. The molecule has 1 rings (SSSR count). The summed E-state index contributed by atoms with van der Waals surface area (Å²) in [5.74, 6) is 0.449. The van der Waals surface area contributed by atoms with Crippen LogP contribution in [0.1, 0.15) is 18.1 Å². The van der Waals surface area contributed by atoms with Gasteiger partial charge >= 0.3 is 0 Å². The van der Waals surface area contributed by atoms with Crippen molar-refractivity contribution in [3.05, 3.63) is 29.3 Å². The average Bonchev–Trinajstić information content (AvgIpc) is 2.11. The zero-order chi connectivity index (χ0) is 10.7. The van der Waals surface area contributed by atoms with E-state index in [9.17, 15) is 5.11 Å². The molecule has 1 aromatic rings. The summed E-state index contributed by atoms with van der Waals surface area (Å²) in [6, 6.07) is 5.50. The molecule has 0 fully saturated rings.